The van der Waals surface area contributed by atoms with Crippen LogP contribution >= 0.6 is 11.3 Å². The summed E-state index contributed by atoms with van der Waals surface area (Å²) in [4.78, 5) is 0. The molecule has 1 aromatic rings. The van der Waals surface area contributed by atoms with Gasteiger partial charge in [-0.05, 0) is 27.2 Å². The van der Waals surface area contributed by atoms with Crippen LogP contribution in [0.2, 0.25) is 0 Å². The number of nitrogens with zero attached hydrogens (tertiary/aromatic N) is 2. The van der Waals surface area contributed by atoms with Gasteiger partial charge < -0.3 is 5.32 Å². The Morgan fingerprint density at radius 3 is 2.56 bits per heavy atom. The molecule has 0 aliphatic carbocycles. The highest BCUT2D eigenvalue weighted by atomic mass is 32.1. The SMILES string of the molecule is CCCCCC(C)NC(C)c1nnc(C)s1. The van der Waals surface area contributed by atoms with Crippen molar-refractivity contribution < 1.29 is 0 Å². The van der Waals surface area contributed by atoms with Crippen molar-refractivity contribution in [1.29, 1.82) is 0 Å². The third-order valence-corrected chi connectivity index (χ3v) is 3.71. The van der Waals surface area contributed by atoms with Crippen molar-refractivity contribution in [2.75, 3.05) is 0 Å². The van der Waals surface area contributed by atoms with Crippen molar-refractivity contribution in [1.82, 2.24) is 15.5 Å². The molecule has 0 fully saturated rings. The van der Waals surface area contributed by atoms with Crippen LogP contribution < -0.4 is 5.32 Å². The minimum Gasteiger partial charge on any atom is -0.306 e. The van der Waals surface area contributed by atoms with Gasteiger partial charge >= 0.3 is 0 Å². The minimum absolute atomic E-state index is 0.322. The second-order valence-corrected chi connectivity index (χ2v) is 5.66. The number of nitrogens with one attached hydrogen (secondary N) is 1. The van der Waals surface area contributed by atoms with Crippen molar-refractivity contribution in [3.05, 3.63) is 10.0 Å². The molecule has 0 saturated carbocycles. The van der Waals surface area contributed by atoms with Gasteiger partial charge in [0.2, 0.25) is 0 Å². The van der Waals surface area contributed by atoms with Gasteiger partial charge in [-0.15, -0.1) is 21.5 Å². The standard InChI is InChI=1S/C12H23N3S/c1-5-6-7-8-9(2)13-10(3)12-15-14-11(4)16-12/h9-10,13H,5-8H2,1-4H3. The summed E-state index contributed by atoms with van der Waals surface area (Å²) in [6.45, 7) is 8.65. The molecule has 0 saturated heterocycles. The summed E-state index contributed by atoms with van der Waals surface area (Å²) in [5.74, 6) is 0. The van der Waals surface area contributed by atoms with Crippen molar-refractivity contribution >= 4 is 11.3 Å². The molecule has 1 N–H and O–H groups in total. The molecule has 0 spiro atoms. The highest BCUT2D eigenvalue weighted by Crippen LogP contribution is 2.18. The van der Waals surface area contributed by atoms with Gasteiger partial charge in [0.25, 0.3) is 0 Å². The average Bonchev–Trinajstić information content (AvgIpc) is 2.65. The van der Waals surface area contributed by atoms with E-state index in [9.17, 15) is 0 Å². The molecule has 0 radical (unpaired) electrons. The lowest BCUT2D eigenvalue weighted by Crippen LogP contribution is -2.28. The first-order chi connectivity index (χ1) is 7.63. The summed E-state index contributed by atoms with van der Waals surface area (Å²) in [5.41, 5.74) is 0. The Hall–Kier alpha value is -0.480. The molecule has 1 rings (SSSR count). The zero-order valence-corrected chi connectivity index (χ0v) is 11.6. The second kappa shape index (κ2) is 6.97. The van der Waals surface area contributed by atoms with Crippen molar-refractivity contribution in [2.24, 2.45) is 0 Å². The molecule has 0 aliphatic heterocycles. The zero-order valence-electron chi connectivity index (χ0n) is 10.8. The molecule has 0 aliphatic rings. The summed E-state index contributed by atoms with van der Waals surface area (Å²) in [6.07, 6.45) is 5.18. The van der Waals surface area contributed by atoms with Crippen LogP contribution in [-0.4, -0.2) is 16.2 Å². The van der Waals surface area contributed by atoms with Crippen LogP contribution in [0.4, 0.5) is 0 Å². The number of hydrogen-bond donors (Lipinski definition) is 1. The van der Waals surface area contributed by atoms with Crippen LogP contribution in [0.5, 0.6) is 0 Å². The van der Waals surface area contributed by atoms with Gasteiger partial charge in [-0.3, -0.25) is 0 Å². The van der Waals surface area contributed by atoms with Crippen molar-refractivity contribution in [3.8, 4) is 0 Å². The van der Waals surface area contributed by atoms with Crippen LogP contribution in [0.25, 0.3) is 0 Å². The maximum absolute atomic E-state index is 4.17. The van der Waals surface area contributed by atoms with Gasteiger partial charge in [0.15, 0.2) is 0 Å². The largest absolute Gasteiger partial charge is 0.306 e. The van der Waals surface area contributed by atoms with Crippen LogP contribution in [0.1, 0.15) is 62.5 Å². The van der Waals surface area contributed by atoms with E-state index in [2.05, 4.69) is 36.3 Å². The lowest BCUT2D eigenvalue weighted by Gasteiger charge is -2.17. The zero-order chi connectivity index (χ0) is 12.0. The Balaban J connectivity index is 2.30. The van der Waals surface area contributed by atoms with Crippen LogP contribution in [-0.2, 0) is 0 Å². The van der Waals surface area contributed by atoms with E-state index in [-0.39, 0.29) is 0 Å². The molecule has 0 amide bonds. The molecular weight excluding hydrogens is 218 g/mol. The maximum Gasteiger partial charge on any atom is 0.134 e. The lowest BCUT2D eigenvalue weighted by atomic mass is 10.1. The van der Waals surface area contributed by atoms with Gasteiger partial charge in [0.05, 0.1) is 6.04 Å². The minimum atomic E-state index is 0.322. The molecule has 4 heteroatoms. The topological polar surface area (TPSA) is 37.8 Å². The third-order valence-electron chi connectivity index (χ3n) is 2.69. The second-order valence-electron chi connectivity index (χ2n) is 4.44. The van der Waals surface area contributed by atoms with Gasteiger partial charge in [-0.25, -0.2) is 0 Å². The molecule has 2 atom stereocenters. The monoisotopic (exact) mass is 241 g/mol. The third kappa shape index (κ3) is 4.58. The average molecular weight is 241 g/mol. The fourth-order valence-corrected chi connectivity index (χ4v) is 2.48. The molecular formula is C12H23N3S. The van der Waals surface area contributed by atoms with E-state index in [1.165, 1.54) is 25.7 Å². The summed E-state index contributed by atoms with van der Waals surface area (Å²) in [6, 6.07) is 0.883. The number of hydrogen-bond acceptors (Lipinski definition) is 4. The summed E-state index contributed by atoms with van der Waals surface area (Å²) >= 11 is 1.68. The van der Waals surface area contributed by atoms with Gasteiger partial charge in [-0.1, -0.05) is 26.2 Å². The predicted molar refractivity (Wildman–Crippen MR) is 69.8 cm³/mol. The van der Waals surface area contributed by atoms with Gasteiger partial charge in [-0.2, -0.15) is 0 Å². The summed E-state index contributed by atoms with van der Waals surface area (Å²) < 4.78 is 0. The number of aryl methyl sites for hydroxylation is 1. The molecule has 0 aromatic carbocycles. The number of unbranched alkanes of at least 4 members (excludes halogenated alkanes) is 2. The molecule has 2 unspecified atom stereocenters. The fourth-order valence-electron chi connectivity index (χ4n) is 1.77. The van der Waals surface area contributed by atoms with E-state index in [0.29, 0.717) is 12.1 Å². The van der Waals surface area contributed by atoms with E-state index in [1.807, 2.05) is 6.92 Å². The molecule has 0 bridgehead atoms. The smallest absolute Gasteiger partial charge is 0.134 e. The first-order valence-corrected chi connectivity index (χ1v) is 7.01. The Kier molecular flexibility index (Phi) is 5.91. The number of rotatable bonds is 7. The van der Waals surface area contributed by atoms with Crippen molar-refractivity contribution in [3.63, 3.8) is 0 Å². The predicted octanol–water partition coefficient (Wildman–Crippen LogP) is 3.47. The van der Waals surface area contributed by atoms with Crippen molar-refractivity contribution in [2.45, 2.75) is 65.5 Å². The van der Waals surface area contributed by atoms with Gasteiger partial charge in [0, 0.05) is 6.04 Å². The van der Waals surface area contributed by atoms with Crippen LogP contribution in [0.3, 0.4) is 0 Å². The van der Waals surface area contributed by atoms with E-state index in [4.69, 9.17) is 0 Å². The Labute approximate surface area is 103 Å². The Morgan fingerprint density at radius 2 is 2.00 bits per heavy atom. The molecule has 16 heavy (non-hydrogen) atoms. The van der Waals surface area contributed by atoms with E-state index < -0.39 is 0 Å². The highest BCUT2D eigenvalue weighted by molar-refractivity contribution is 7.11. The first-order valence-electron chi connectivity index (χ1n) is 6.19. The van der Waals surface area contributed by atoms with E-state index in [1.54, 1.807) is 11.3 Å². The summed E-state index contributed by atoms with van der Waals surface area (Å²) in [7, 11) is 0. The molecule has 92 valence electrons. The normalized spacial score (nSPS) is 15.0. The van der Waals surface area contributed by atoms with Crippen LogP contribution in [0, 0.1) is 6.92 Å². The molecule has 3 nitrogen and oxygen atoms in total. The fraction of sp³-hybridized carbons (Fsp3) is 0.833. The summed E-state index contributed by atoms with van der Waals surface area (Å²) in [5, 5.41) is 13.9. The van der Waals surface area contributed by atoms with Gasteiger partial charge in [0.1, 0.15) is 10.0 Å². The lowest BCUT2D eigenvalue weighted by molar-refractivity contribution is 0.438. The highest BCUT2D eigenvalue weighted by Gasteiger charge is 2.12. The van der Waals surface area contributed by atoms with Crippen LogP contribution in [0.15, 0.2) is 0 Å². The van der Waals surface area contributed by atoms with E-state index >= 15 is 0 Å². The van der Waals surface area contributed by atoms with E-state index in [0.717, 1.165) is 10.0 Å². The Morgan fingerprint density at radius 1 is 1.25 bits per heavy atom. The molecule has 1 heterocycles. The molecule has 1 aromatic heterocycles. The quantitative estimate of drug-likeness (QED) is 0.743. The number of aromatic nitrogens is 2. The first kappa shape index (κ1) is 13.6. The maximum atomic E-state index is 4.17. The Bertz CT molecular complexity index is 298.